The van der Waals surface area contributed by atoms with Crippen molar-refractivity contribution in [3.05, 3.63) is 68.7 Å². The highest BCUT2D eigenvalue weighted by molar-refractivity contribution is 7.09. The van der Waals surface area contributed by atoms with Gasteiger partial charge in [0, 0.05) is 17.7 Å². The molecule has 2 heterocycles. The first-order valence-electron chi connectivity index (χ1n) is 13.8. The Bertz CT molecular complexity index is 1560. The summed E-state index contributed by atoms with van der Waals surface area (Å²) in [4.78, 5) is 35.8. The molecule has 0 saturated carbocycles. The molecule has 0 fully saturated rings. The molecule has 3 aromatic rings. The predicted molar refractivity (Wildman–Crippen MR) is 160 cm³/mol. The number of carbonyl (C=O) groups is 2. The first kappa shape index (κ1) is 33.6. The van der Waals surface area contributed by atoms with Gasteiger partial charge in [-0.1, -0.05) is 51.5 Å². The van der Waals surface area contributed by atoms with Gasteiger partial charge in [-0.3, -0.25) is 9.78 Å². The molecule has 13 heteroatoms. The van der Waals surface area contributed by atoms with Crippen LogP contribution >= 0.6 is 11.3 Å². The zero-order valence-electron chi connectivity index (χ0n) is 25.6. The van der Waals surface area contributed by atoms with E-state index in [4.69, 9.17) is 4.74 Å². The van der Waals surface area contributed by atoms with Gasteiger partial charge in [0.1, 0.15) is 10.6 Å². The number of halogens is 3. The topological polar surface area (TPSA) is 102 Å². The highest BCUT2D eigenvalue weighted by Gasteiger charge is 2.34. The van der Waals surface area contributed by atoms with Crippen molar-refractivity contribution in [1.29, 1.82) is 0 Å². The number of alkyl halides is 3. The Labute approximate surface area is 253 Å². The van der Waals surface area contributed by atoms with E-state index in [1.807, 2.05) is 27.7 Å². The lowest BCUT2D eigenvalue weighted by Crippen LogP contribution is -2.34. The molecule has 0 saturated heterocycles. The average Bonchev–Trinajstić information content (AvgIpc) is 3.29. The lowest BCUT2D eigenvalue weighted by Gasteiger charge is -2.25. The van der Waals surface area contributed by atoms with Crippen molar-refractivity contribution < 1.29 is 27.5 Å². The number of amides is 2. The Balaban J connectivity index is 2.24. The zero-order chi connectivity index (χ0) is 32.2. The monoisotopic (exact) mass is 618 g/mol. The third kappa shape index (κ3) is 9.31. The summed E-state index contributed by atoms with van der Waals surface area (Å²) in [6.45, 7) is 15.0. The van der Waals surface area contributed by atoms with Gasteiger partial charge >= 0.3 is 12.3 Å². The summed E-state index contributed by atoms with van der Waals surface area (Å²) >= 11 is 1.19. The van der Waals surface area contributed by atoms with Gasteiger partial charge in [0.15, 0.2) is 0 Å². The zero-order valence-corrected chi connectivity index (χ0v) is 26.4. The Kier molecular flexibility index (Phi) is 10.3. The minimum atomic E-state index is -4.76. The van der Waals surface area contributed by atoms with Gasteiger partial charge in [-0.05, 0) is 64.4 Å². The second kappa shape index (κ2) is 13.2. The number of ether oxygens (including phenoxy) is 1. The number of nitrogens with zero attached hydrogens (tertiary/aromatic N) is 6. The molecule has 3 rings (SSSR count). The van der Waals surface area contributed by atoms with Crippen LogP contribution in [0.15, 0.2) is 46.5 Å². The fourth-order valence-electron chi connectivity index (χ4n) is 3.63. The molecule has 0 aliphatic carbocycles. The minimum Gasteiger partial charge on any atom is -0.442 e. The van der Waals surface area contributed by atoms with Crippen molar-refractivity contribution in [3.8, 4) is 0 Å². The number of aromatic nitrogens is 3. The molecule has 0 unspecified atom stereocenters. The van der Waals surface area contributed by atoms with Crippen LogP contribution in [0, 0.1) is 6.92 Å². The summed E-state index contributed by atoms with van der Waals surface area (Å²) in [5.41, 5.74) is -2.04. The Hall–Kier alpha value is -3.87. The molecular weight excluding hydrogens is 581 g/mol. The van der Waals surface area contributed by atoms with Gasteiger partial charge in [0.2, 0.25) is 4.80 Å². The molecule has 0 N–H and O–H groups in total. The maximum Gasteiger partial charge on any atom is 0.435 e. The average molecular weight is 619 g/mol. The summed E-state index contributed by atoms with van der Waals surface area (Å²) in [5, 5.41) is 10.3. The van der Waals surface area contributed by atoms with Crippen LogP contribution in [0.1, 0.15) is 93.6 Å². The van der Waals surface area contributed by atoms with Gasteiger partial charge < -0.3 is 4.74 Å². The maximum atomic E-state index is 13.8. The van der Waals surface area contributed by atoms with Crippen LogP contribution in [-0.4, -0.2) is 38.6 Å². The van der Waals surface area contributed by atoms with Crippen molar-refractivity contribution in [2.45, 2.75) is 92.0 Å². The quantitative estimate of drug-likeness (QED) is 0.205. The third-order valence-corrected chi connectivity index (χ3v) is 7.12. The second-order valence-electron chi connectivity index (χ2n) is 11.9. The van der Waals surface area contributed by atoms with Gasteiger partial charge in [0.05, 0.1) is 28.7 Å². The van der Waals surface area contributed by atoms with Crippen molar-refractivity contribution in [2.75, 3.05) is 5.01 Å². The molecular formula is C30H37F3N6O3S. The van der Waals surface area contributed by atoms with E-state index in [-0.39, 0.29) is 15.9 Å². The molecule has 0 spiro atoms. The number of hydrazone groups is 1. The highest BCUT2D eigenvalue weighted by Crippen LogP contribution is 2.34. The third-order valence-electron chi connectivity index (χ3n) is 5.75. The van der Waals surface area contributed by atoms with E-state index in [1.54, 1.807) is 50.6 Å². The molecule has 0 aliphatic rings. The van der Waals surface area contributed by atoms with Crippen molar-refractivity contribution >= 4 is 35.2 Å². The molecule has 1 aromatic carbocycles. The van der Waals surface area contributed by atoms with Crippen molar-refractivity contribution in [1.82, 2.24) is 14.8 Å². The van der Waals surface area contributed by atoms with Crippen molar-refractivity contribution in [2.24, 2.45) is 10.1 Å². The number of pyridine rings is 1. The van der Waals surface area contributed by atoms with E-state index in [9.17, 15) is 22.8 Å². The van der Waals surface area contributed by atoms with Crippen molar-refractivity contribution in [3.63, 3.8) is 0 Å². The maximum absolute atomic E-state index is 13.8. The van der Waals surface area contributed by atoms with Gasteiger partial charge in [0.25, 0.3) is 5.91 Å². The van der Waals surface area contributed by atoms with E-state index in [2.05, 4.69) is 20.2 Å². The molecule has 9 nitrogen and oxygen atoms in total. The number of anilines is 1. The summed E-state index contributed by atoms with van der Waals surface area (Å²) in [6, 6.07) is 7.60. The normalized spacial score (nSPS) is 13.0. The molecule has 0 radical (unpaired) electrons. The number of hydrogen-bond donors (Lipinski definition) is 0. The minimum absolute atomic E-state index is 0.236. The van der Waals surface area contributed by atoms with Crippen LogP contribution in [-0.2, 0) is 22.9 Å². The van der Waals surface area contributed by atoms with E-state index in [0.29, 0.717) is 29.0 Å². The number of carbonyl (C=O) groups excluding carboxylic acids is 2. The summed E-state index contributed by atoms with van der Waals surface area (Å²) in [7, 11) is 0. The number of rotatable bonds is 7. The number of unbranched alkanes of at least 4 members (excludes halogenated alkanes) is 1. The van der Waals surface area contributed by atoms with E-state index in [0.717, 1.165) is 30.0 Å². The van der Waals surface area contributed by atoms with Crippen LogP contribution in [0.5, 0.6) is 0 Å². The van der Waals surface area contributed by atoms with E-state index >= 15 is 0 Å². The predicted octanol–water partition coefficient (Wildman–Crippen LogP) is 7.28. The Morgan fingerprint density at radius 2 is 1.79 bits per heavy atom. The fourth-order valence-corrected chi connectivity index (χ4v) is 4.61. The Morgan fingerprint density at radius 3 is 2.37 bits per heavy atom. The molecule has 0 bridgehead atoms. The molecule has 232 valence electrons. The fraction of sp³-hybridized carbons (Fsp3) is 0.467. The first-order chi connectivity index (χ1) is 19.9. The summed E-state index contributed by atoms with van der Waals surface area (Å²) < 4.78 is 48.5. The van der Waals surface area contributed by atoms with Gasteiger partial charge in [-0.15, -0.1) is 0 Å². The van der Waals surface area contributed by atoms with Crippen LogP contribution in [0.4, 0.5) is 23.7 Å². The first-order valence-corrected chi connectivity index (χ1v) is 14.6. The molecule has 0 atom stereocenters. The van der Waals surface area contributed by atoms with Gasteiger partial charge in [-0.25, -0.2) is 9.48 Å². The number of aryl methyl sites for hydroxylation is 2. The molecule has 0 aliphatic heterocycles. The standard InChI is InChI=1S/C30H37F3N6O3S/c1-9-10-16-38-26(43-25(37-38)28(3,4)5)36-24(40)22-17-20(30(31,32)33)14-15-23(22)39(27(41)42-29(6,7)8)34-18-21-13-11-12-19(2)35-21/h11-15,17-18H,9-10,16H2,1-8H3/b34-18-,36-26?. The number of benzene rings is 1. The van der Waals surface area contributed by atoms with Crippen LogP contribution in [0.3, 0.4) is 0 Å². The lowest BCUT2D eigenvalue weighted by atomic mass is 9.98. The summed E-state index contributed by atoms with van der Waals surface area (Å²) in [5.74, 6) is -0.993. The Morgan fingerprint density at radius 1 is 1.09 bits per heavy atom. The SMILES string of the molecule is CCCCn1nc(C(C)(C)C)sc1=NC(=O)c1cc(C(F)(F)F)ccc1N(/N=C\c1cccc(C)n1)C(=O)OC(C)(C)C. The van der Waals surface area contributed by atoms with E-state index < -0.39 is 34.9 Å². The van der Waals surface area contributed by atoms with Crippen LogP contribution in [0.2, 0.25) is 0 Å². The van der Waals surface area contributed by atoms with Crippen LogP contribution < -0.4 is 9.81 Å². The van der Waals surface area contributed by atoms with E-state index in [1.165, 1.54) is 17.6 Å². The second-order valence-corrected chi connectivity index (χ2v) is 12.9. The van der Waals surface area contributed by atoms with Gasteiger partial charge in [-0.2, -0.15) is 33.4 Å². The van der Waals surface area contributed by atoms with Crippen LogP contribution in [0.25, 0.3) is 0 Å². The molecule has 43 heavy (non-hydrogen) atoms. The molecule has 2 aromatic heterocycles. The lowest BCUT2D eigenvalue weighted by molar-refractivity contribution is -0.137. The largest absolute Gasteiger partial charge is 0.442 e. The number of hydrogen-bond acceptors (Lipinski definition) is 7. The molecule has 2 amide bonds. The highest BCUT2D eigenvalue weighted by atomic mass is 32.1. The summed E-state index contributed by atoms with van der Waals surface area (Å²) in [6.07, 6.45) is -2.88. The smallest absolute Gasteiger partial charge is 0.435 e.